The van der Waals surface area contributed by atoms with E-state index in [1.165, 1.54) is 18.9 Å². The summed E-state index contributed by atoms with van der Waals surface area (Å²) in [6.07, 6.45) is 1.45. The van der Waals surface area contributed by atoms with Crippen molar-refractivity contribution in [3.63, 3.8) is 0 Å². The van der Waals surface area contributed by atoms with Crippen LogP contribution in [0.4, 0.5) is 0 Å². The Labute approximate surface area is 133 Å². The highest BCUT2D eigenvalue weighted by Crippen LogP contribution is 2.24. The third-order valence-corrected chi connectivity index (χ3v) is 5.05. The second-order valence-electron chi connectivity index (χ2n) is 4.80. The number of amides is 1. The first-order valence-corrected chi connectivity index (χ1v) is 8.26. The Morgan fingerprint density at radius 3 is 2.81 bits per heavy atom. The number of hydrogen-bond acceptors (Lipinski definition) is 4. The molecule has 1 heterocycles. The maximum atomic E-state index is 12.4. The van der Waals surface area contributed by atoms with E-state index in [4.69, 9.17) is 16.3 Å². The standard InChI is InChI=1S/C15H18ClNO3S/c1-20-15(19)13-8-5-9-17(13)14(18)12(16)10-21-11-6-3-2-4-7-11/h2-4,6-7,12-13H,5,8-10H2,1H3/t12-,13+/m1/s1. The summed E-state index contributed by atoms with van der Waals surface area (Å²) in [6.45, 7) is 0.567. The average molecular weight is 328 g/mol. The van der Waals surface area contributed by atoms with Crippen molar-refractivity contribution < 1.29 is 14.3 Å². The molecule has 0 spiro atoms. The van der Waals surface area contributed by atoms with Gasteiger partial charge in [-0.2, -0.15) is 0 Å². The van der Waals surface area contributed by atoms with Crippen LogP contribution in [0.15, 0.2) is 35.2 Å². The van der Waals surface area contributed by atoms with Crippen molar-refractivity contribution in [1.82, 2.24) is 4.90 Å². The van der Waals surface area contributed by atoms with E-state index in [0.717, 1.165) is 11.3 Å². The number of likely N-dealkylation sites (tertiary alicyclic amines) is 1. The lowest BCUT2D eigenvalue weighted by Crippen LogP contribution is -2.45. The minimum atomic E-state index is -0.638. The van der Waals surface area contributed by atoms with Gasteiger partial charge in [-0.3, -0.25) is 4.79 Å². The van der Waals surface area contributed by atoms with Crippen molar-refractivity contribution in [3.05, 3.63) is 30.3 Å². The normalized spacial score (nSPS) is 19.3. The highest BCUT2D eigenvalue weighted by molar-refractivity contribution is 7.99. The van der Waals surface area contributed by atoms with Crippen molar-refractivity contribution in [2.75, 3.05) is 19.4 Å². The summed E-state index contributed by atoms with van der Waals surface area (Å²) in [5.41, 5.74) is 0. The summed E-state index contributed by atoms with van der Waals surface area (Å²) in [4.78, 5) is 26.7. The topological polar surface area (TPSA) is 46.6 Å². The van der Waals surface area contributed by atoms with Gasteiger partial charge in [0.05, 0.1) is 7.11 Å². The summed E-state index contributed by atoms with van der Waals surface area (Å²) in [6, 6.07) is 9.31. The van der Waals surface area contributed by atoms with Crippen LogP contribution >= 0.6 is 23.4 Å². The molecule has 0 bridgehead atoms. The summed E-state index contributed by atoms with van der Waals surface area (Å²) in [7, 11) is 1.34. The molecule has 6 heteroatoms. The van der Waals surface area contributed by atoms with Crippen LogP contribution in [0, 0.1) is 0 Å². The molecular weight excluding hydrogens is 310 g/mol. The van der Waals surface area contributed by atoms with Gasteiger partial charge in [0.2, 0.25) is 5.91 Å². The molecular formula is C15H18ClNO3S. The number of alkyl halides is 1. The first-order valence-electron chi connectivity index (χ1n) is 6.83. The van der Waals surface area contributed by atoms with Crippen molar-refractivity contribution in [2.24, 2.45) is 0 Å². The van der Waals surface area contributed by atoms with Crippen molar-refractivity contribution >= 4 is 35.2 Å². The van der Waals surface area contributed by atoms with Crippen molar-refractivity contribution in [1.29, 1.82) is 0 Å². The lowest BCUT2D eigenvalue weighted by Gasteiger charge is -2.24. The molecule has 0 radical (unpaired) electrons. The van der Waals surface area contributed by atoms with Crippen molar-refractivity contribution in [2.45, 2.75) is 29.2 Å². The van der Waals surface area contributed by atoms with Gasteiger partial charge in [-0.15, -0.1) is 23.4 Å². The number of benzene rings is 1. The molecule has 2 atom stereocenters. The molecule has 1 aliphatic rings. The second-order valence-corrected chi connectivity index (χ2v) is 6.42. The Balaban J connectivity index is 1.91. The van der Waals surface area contributed by atoms with Gasteiger partial charge in [0.25, 0.3) is 0 Å². The number of methoxy groups -OCH3 is 1. The highest BCUT2D eigenvalue weighted by Gasteiger charge is 2.37. The van der Waals surface area contributed by atoms with Gasteiger partial charge >= 0.3 is 5.97 Å². The van der Waals surface area contributed by atoms with Crippen LogP contribution in [-0.2, 0) is 14.3 Å². The fourth-order valence-electron chi connectivity index (χ4n) is 2.35. The van der Waals surface area contributed by atoms with Crippen LogP contribution in [-0.4, -0.2) is 47.6 Å². The minimum absolute atomic E-state index is 0.187. The number of rotatable bonds is 5. The summed E-state index contributed by atoms with van der Waals surface area (Å²) >= 11 is 7.75. The Morgan fingerprint density at radius 2 is 2.14 bits per heavy atom. The molecule has 2 rings (SSSR count). The molecule has 0 saturated carbocycles. The molecule has 1 amide bonds. The van der Waals surface area contributed by atoms with Gasteiger partial charge in [0.1, 0.15) is 11.4 Å². The third-order valence-electron chi connectivity index (χ3n) is 3.42. The molecule has 1 aliphatic heterocycles. The largest absolute Gasteiger partial charge is 0.467 e. The molecule has 0 aliphatic carbocycles. The molecule has 1 fully saturated rings. The lowest BCUT2D eigenvalue weighted by atomic mass is 10.2. The monoisotopic (exact) mass is 327 g/mol. The maximum Gasteiger partial charge on any atom is 0.328 e. The molecule has 1 aromatic carbocycles. The second kappa shape index (κ2) is 7.71. The van der Waals surface area contributed by atoms with Crippen LogP contribution in [0.5, 0.6) is 0 Å². The smallest absolute Gasteiger partial charge is 0.328 e. The van der Waals surface area contributed by atoms with E-state index < -0.39 is 11.4 Å². The van der Waals surface area contributed by atoms with E-state index in [1.54, 1.807) is 4.90 Å². The number of carbonyl (C=O) groups is 2. The molecule has 4 nitrogen and oxygen atoms in total. The number of ether oxygens (including phenoxy) is 1. The predicted octanol–water partition coefficient (Wildman–Crippen LogP) is 2.55. The zero-order valence-electron chi connectivity index (χ0n) is 11.8. The van der Waals surface area contributed by atoms with E-state index >= 15 is 0 Å². The molecule has 1 aromatic rings. The summed E-state index contributed by atoms with van der Waals surface area (Å²) in [5, 5.41) is -0.638. The zero-order chi connectivity index (χ0) is 15.2. The molecule has 0 aromatic heterocycles. The van der Waals surface area contributed by atoms with Crippen LogP contribution in [0.1, 0.15) is 12.8 Å². The first-order chi connectivity index (χ1) is 10.1. The van der Waals surface area contributed by atoms with Crippen molar-refractivity contribution in [3.8, 4) is 0 Å². The maximum absolute atomic E-state index is 12.4. The molecule has 1 saturated heterocycles. The molecule has 21 heavy (non-hydrogen) atoms. The van der Waals surface area contributed by atoms with E-state index in [1.807, 2.05) is 30.3 Å². The number of thioether (sulfide) groups is 1. The third kappa shape index (κ3) is 4.14. The Kier molecular flexibility index (Phi) is 5.94. The molecule has 0 unspecified atom stereocenters. The zero-order valence-corrected chi connectivity index (χ0v) is 13.4. The summed E-state index contributed by atoms with van der Waals surface area (Å²) in [5.74, 6) is -0.0668. The SMILES string of the molecule is COC(=O)[C@@H]1CCCN1C(=O)[C@H](Cl)CSc1ccccc1. The van der Waals surface area contributed by atoms with Gasteiger partial charge in [-0.25, -0.2) is 4.79 Å². The Bertz CT molecular complexity index is 497. The number of hydrogen-bond donors (Lipinski definition) is 0. The number of esters is 1. The van der Waals surface area contributed by atoms with Gasteiger partial charge in [0.15, 0.2) is 0 Å². The average Bonchev–Trinajstić information content (AvgIpc) is 3.01. The Hall–Kier alpha value is -1.20. The molecule has 0 N–H and O–H groups in total. The van der Waals surface area contributed by atoms with Gasteiger partial charge in [-0.1, -0.05) is 18.2 Å². The van der Waals surface area contributed by atoms with Crippen LogP contribution in [0.3, 0.4) is 0 Å². The van der Waals surface area contributed by atoms with E-state index in [0.29, 0.717) is 18.7 Å². The quantitative estimate of drug-likeness (QED) is 0.474. The van der Waals surface area contributed by atoms with Crippen LogP contribution in [0.2, 0.25) is 0 Å². The number of nitrogens with zero attached hydrogens (tertiary/aromatic N) is 1. The summed E-state index contributed by atoms with van der Waals surface area (Å²) < 4.78 is 4.74. The highest BCUT2D eigenvalue weighted by atomic mass is 35.5. The number of carbonyl (C=O) groups excluding carboxylic acids is 2. The Morgan fingerprint density at radius 1 is 1.43 bits per heavy atom. The fraction of sp³-hybridized carbons (Fsp3) is 0.467. The van der Waals surface area contributed by atoms with Gasteiger partial charge in [-0.05, 0) is 25.0 Å². The lowest BCUT2D eigenvalue weighted by molar-refractivity contribution is -0.150. The predicted molar refractivity (Wildman–Crippen MR) is 83.6 cm³/mol. The van der Waals surface area contributed by atoms with Crippen LogP contribution in [0.25, 0.3) is 0 Å². The van der Waals surface area contributed by atoms with E-state index in [-0.39, 0.29) is 11.9 Å². The number of halogens is 1. The first kappa shape index (κ1) is 16.2. The van der Waals surface area contributed by atoms with E-state index in [9.17, 15) is 9.59 Å². The van der Waals surface area contributed by atoms with Gasteiger partial charge < -0.3 is 9.64 Å². The molecule has 114 valence electrons. The minimum Gasteiger partial charge on any atom is -0.467 e. The van der Waals surface area contributed by atoms with Crippen LogP contribution < -0.4 is 0 Å². The van der Waals surface area contributed by atoms with E-state index in [2.05, 4.69) is 0 Å². The fourth-order valence-corrected chi connectivity index (χ4v) is 3.49. The van der Waals surface area contributed by atoms with Gasteiger partial charge in [0, 0.05) is 17.2 Å².